The summed E-state index contributed by atoms with van der Waals surface area (Å²) in [7, 11) is 2.19. The predicted molar refractivity (Wildman–Crippen MR) is 130 cm³/mol. The fourth-order valence-electron chi connectivity index (χ4n) is 5.37. The number of aromatic amines is 2. The highest BCUT2D eigenvalue weighted by Crippen LogP contribution is 2.41. The summed E-state index contributed by atoms with van der Waals surface area (Å²) in [5.74, 6) is 0.839. The molecule has 0 unspecified atom stereocenters. The SMILES string of the molecule is Cc1[nH]ncc1-c1nc2c(OCCN3CCN(C)CC3)cc3[nH]ncc3c2c2c1CCCC2. The number of ether oxygens (including phenoxy) is 1. The summed E-state index contributed by atoms with van der Waals surface area (Å²) in [6.45, 7) is 8.06. The van der Waals surface area contributed by atoms with Crippen molar-refractivity contribution in [2.45, 2.75) is 32.6 Å². The Labute approximate surface area is 193 Å². The maximum Gasteiger partial charge on any atom is 0.147 e. The number of H-pyrrole nitrogens is 2. The maximum absolute atomic E-state index is 6.43. The van der Waals surface area contributed by atoms with E-state index in [2.05, 4.69) is 50.2 Å². The molecule has 1 aliphatic heterocycles. The standard InChI is InChI=1S/C25H31N7O/c1-16-19(14-26-29-16)24-18-6-4-3-5-17(18)23-20-15-27-30-21(20)13-22(25(23)28-24)33-12-11-32-9-7-31(2)8-10-32/h13-15H,3-12H2,1-2H3,(H,26,29)(H,27,30). The van der Waals surface area contributed by atoms with Crippen LogP contribution in [0.5, 0.6) is 5.75 Å². The molecule has 0 spiro atoms. The summed E-state index contributed by atoms with van der Waals surface area (Å²) in [6, 6.07) is 2.07. The van der Waals surface area contributed by atoms with Crippen LogP contribution >= 0.6 is 0 Å². The van der Waals surface area contributed by atoms with Crippen LogP contribution in [0.4, 0.5) is 0 Å². The number of nitrogens with zero attached hydrogens (tertiary/aromatic N) is 5. The van der Waals surface area contributed by atoms with Crippen molar-refractivity contribution in [2.75, 3.05) is 46.4 Å². The molecule has 0 saturated carbocycles. The molecule has 2 N–H and O–H groups in total. The topological polar surface area (TPSA) is 86.0 Å². The van der Waals surface area contributed by atoms with Crippen molar-refractivity contribution in [3.8, 4) is 17.0 Å². The number of nitrogens with one attached hydrogen (secondary N) is 2. The Balaban J connectivity index is 1.44. The molecular weight excluding hydrogens is 414 g/mol. The van der Waals surface area contributed by atoms with Crippen LogP contribution < -0.4 is 4.74 Å². The van der Waals surface area contributed by atoms with Gasteiger partial charge in [-0.15, -0.1) is 0 Å². The molecule has 172 valence electrons. The number of piperazine rings is 1. The fourth-order valence-corrected chi connectivity index (χ4v) is 5.37. The lowest BCUT2D eigenvalue weighted by molar-refractivity contribution is 0.134. The van der Waals surface area contributed by atoms with Crippen molar-refractivity contribution in [3.05, 3.63) is 35.3 Å². The quantitative estimate of drug-likeness (QED) is 0.490. The largest absolute Gasteiger partial charge is 0.490 e. The Bertz CT molecular complexity index is 1300. The lowest BCUT2D eigenvalue weighted by Crippen LogP contribution is -2.45. The van der Waals surface area contributed by atoms with Crippen molar-refractivity contribution in [1.29, 1.82) is 0 Å². The van der Waals surface area contributed by atoms with Gasteiger partial charge in [-0.3, -0.25) is 15.1 Å². The second kappa shape index (κ2) is 8.43. The first-order valence-corrected chi connectivity index (χ1v) is 12.0. The van der Waals surface area contributed by atoms with Crippen molar-refractivity contribution in [1.82, 2.24) is 35.2 Å². The van der Waals surface area contributed by atoms with Gasteiger partial charge in [0.2, 0.25) is 0 Å². The van der Waals surface area contributed by atoms with Crippen LogP contribution in [-0.2, 0) is 12.8 Å². The molecule has 33 heavy (non-hydrogen) atoms. The zero-order valence-electron chi connectivity index (χ0n) is 19.4. The van der Waals surface area contributed by atoms with E-state index in [1.807, 2.05) is 12.4 Å². The Morgan fingerprint density at radius 3 is 2.58 bits per heavy atom. The molecule has 0 amide bonds. The van der Waals surface area contributed by atoms with E-state index in [0.29, 0.717) is 6.61 Å². The second-order valence-electron chi connectivity index (χ2n) is 9.46. The van der Waals surface area contributed by atoms with Gasteiger partial charge in [0.25, 0.3) is 0 Å². The van der Waals surface area contributed by atoms with E-state index in [-0.39, 0.29) is 0 Å². The number of benzene rings is 1. The molecule has 3 aromatic heterocycles. The minimum absolute atomic E-state index is 0.650. The number of aryl methyl sites for hydroxylation is 2. The predicted octanol–water partition coefficient (Wildman–Crippen LogP) is 3.31. The number of aromatic nitrogens is 5. The van der Waals surface area contributed by atoms with Crippen LogP contribution in [0, 0.1) is 6.92 Å². The Morgan fingerprint density at radius 1 is 1.00 bits per heavy atom. The molecule has 1 aliphatic carbocycles. The van der Waals surface area contributed by atoms with E-state index < -0.39 is 0 Å². The molecule has 0 atom stereocenters. The summed E-state index contributed by atoms with van der Waals surface area (Å²) >= 11 is 0. The monoisotopic (exact) mass is 445 g/mol. The zero-order valence-corrected chi connectivity index (χ0v) is 19.4. The first kappa shape index (κ1) is 20.6. The fraction of sp³-hybridized carbons (Fsp3) is 0.480. The second-order valence-corrected chi connectivity index (χ2v) is 9.46. The molecule has 4 heterocycles. The summed E-state index contributed by atoms with van der Waals surface area (Å²) in [6.07, 6.45) is 8.34. The highest BCUT2D eigenvalue weighted by Gasteiger charge is 2.24. The maximum atomic E-state index is 6.43. The highest BCUT2D eigenvalue weighted by molar-refractivity contribution is 6.10. The Morgan fingerprint density at radius 2 is 1.79 bits per heavy atom. The van der Waals surface area contributed by atoms with Crippen LogP contribution in [0.1, 0.15) is 29.7 Å². The average molecular weight is 446 g/mol. The Hall–Kier alpha value is -2.97. The Kier molecular flexibility index (Phi) is 5.27. The summed E-state index contributed by atoms with van der Waals surface area (Å²) in [5.41, 5.74) is 7.91. The van der Waals surface area contributed by atoms with Crippen LogP contribution in [0.15, 0.2) is 18.5 Å². The molecule has 0 radical (unpaired) electrons. The van der Waals surface area contributed by atoms with Gasteiger partial charge in [0.1, 0.15) is 17.9 Å². The number of rotatable bonds is 5. The average Bonchev–Trinajstić information content (AvgIpc) is 3.48. The summed E-state index contributed by atoms with van der Waals surface area (Å²) < 4.78 is 6.43. The van der Waals surface area contributed by atoms with Gasteiger partial charge < -0.3 is 9.64 Å². The number of pyridine rings is 1. The number of likely N-dealkylation sites (N-methyl/N-ethyl adjacent to an activating group) is 1. The van der Waals surface area contributed by atoms with Gasteiger partial charge in [0.05, 0.1) is 23.6 Å². The zero-order chi connectivity index (χ0) is 22.4. The van der Waals surface area contributed by atoms with Crippen LogP contribution in [-0.4, -0.2) is 81.6 Å². The summed E-state index contributed by atoms with van der Waals surface area (Å²) in [4.78, 5) is 10.1. The molecule has 6 rings (SSSR count). The molecular formula is C25H31N7O. The van der Waals surface area contributed by atoms with E-state index in [1.54, 1.807) is 0 Å². The smallest absolute Gasteiger partial charge is 0.147 e. The third-order valence-electron chi connectivity index (χ3n) is 7.31. The van der Waals surface area contributed by atoms with Crippen molar-refractivity contribution < 1.29 is 4.74 Å². The lowest BCUT2D eigenvalue weighted by Gasteiger charge is -2.32. The minimum atomic E-state index is 0.650. The molecule has 2 aliphatic rings. The normalized spacial score (nSPS) is 17.6. The van der Waals surface area contributed by atoms with Gasteiger partial charge in [-0.25, -0.2) is 4.98 Å². The molecule has 1 aromatic carbocycles. The number of fused-ring (bicyclic) bond motifs is 5. The van der Waals surface area contributed by atoms with Gasteiger partial charge in [-0.05, 0) is 50.8 Å². The third-order valence-corrected chi connectivity index (χ3v) is 7.31. The molecule has 1 saturated heterocycles. The van der Waals surface area contributed by atoms with Gasteiger partial charge >= 0.3 is 0 Å². The van der Waals surface area contributed by atoms with Crippen molar-refractivity contribution in [3.63, 3.8) is 0 Å². The van der Waals surface area contributed by atoms with Gasteiger partial charge in [0, 0.05) is 60.8 Å². The van der Waals surface area contributed by atoms with E-state index in [9.17, 15) is 0 Å². The molecule has 8 nitrogen and oxygen atoms in total. The lowest BCUT2D eigenvalue weighted by atomic mass is 9.85. The van der Waals surface area contributed by atoms with Gasteiger partial charge in [0.15, 0.2) is 0 Å². The third kappa shape index (κ3) is 3.67. The van der Waals surface area contributed by atoms with E-state index in [1.165, 1.54) is 29.4 Å². The minimum Gasteiger partial charge on any atom is -0.490 e. The van der Waals surface area contributed by atoms with Crippen molar-refractivity contribution >= 4 is 21.8 Å². The number of hydrogen-bond donors (Lipinski definition) is 2. The van der Waals surface area contributed by atoms with Crippen molar-refractivity contribution in [2.24, 2.45) is 0 Å². The van der Waals surface area contributed by atoms with Crippen LogP contribution in [0.25, 0.3) is 33.1 Å². The molecule has 8 heteroatoms. The first-order valence-electron chi connectivity index (χ1n) is 12.0. The van der Waals surface area contributed by atoms with Gasteiger partial charge in [-0.2, -0.15) is 10.2 Å². The van der Waals surface area contributed by atoms with Crippen LogP contribution in [0.3, 0.4) is 0 Å². The molecule has 4 aromatic rings. The van der Waals surface area contributed by atoms with Gasteiger partial charge in [-0.1, -0.05) is 0 Å². The van der Waals surface area contributed by atoms with E-state index in [0.717, 1.165) is 84.7 Å². The highest BCUT2D eigenvalue weighted by atomic mass is 16.5. The number of hydrogen-bond acceptors (Lipinski definition) is 6. The first-order chi connectivity index (χ1) is 16.2. The van der Waals surface area contributed by atoms with E-state index in [4.69, 9.17) is 9.72 Å². The molecule has 1 fully saturated rings. The van der Waals surface area contributed by atoms with E-state index >= 15 is 0 Å². The summed E-state index contributed by atoms with van der Waals surface area (Å²) in [5, 5.41) is 17.2. The molecule has 0 bridgehead atoms. The van der Waals surface area contributed by atoms with Crippen LogP contribution in [0.2, 0.25) is 0 Å².